The van der Waals surface area contributed by atoms with Crippen molar-refractivity contribution in [2.24, 2.45) is 5.41 Å². The van der Waals surface area contributed by atoms with Crippen LogP contribution < -0.4 is 5.32 Å². The molecule has 0 aliphatic carbocycles. The summed E-state index contributed by atoms with van der Waals surface area (Å²) in [6.07, 6.45) is 2.94. The van der Waals surface area contributed by atoms with Gasteiger partial charge in [-0.2, -0.15) is 0 Å². The second-order valence-corrected chi connectivity index (χ2v) is 7.55. The fourth-order valence-electron chi connectivity index (χ4n) is 2.76. The Hall–Kier alpha value is -0.640. The summed E-state index contributed by atoms with van der Waals surface area (Å²) in [7, 11) is 0. The molecule has 118 valence electrons. The van der Waals surface area contributed by atoms with Crippen molar-refractivity contribution >= 4 is 11.6 Å². The largest absolute Gasteiger partial charge is 0.381 e. The lowest BCUT2D eigenvalue weighted by molar-refractivity contribution is 0.0121. The average Bonchev–Trinajstić information content (AvgIpc) is 2.41. The highest BCUT2D eigenvalue weighted by Gasteiger charge is 2.33. The minimum Gasteiger partial charge on any atom is -0.381 e. The van der Waals surface area contributed by atoms with E-state index >= 15 is 0 Å². The zero-order chi connectivity index (χ0) is 15.5. The van der Waals surface area contributed by atoms with Gasteiger partial charge in [0.05, 0.1) is 5.02 Å². The van der Waals surface area contributed by atoms with Crippen LogP contribution in [0.15, 0.2) is 18.2 Å². The van der Waals surface area contributed by atoms with Crippen LogP contribution in [-0.4, -0.2) is 25.3 Å². The molecule has 0 radical (unpaired) electrons. The van der Waals surface area contributed by atoms with Gasteiger partial charge in [0.2, 0.25) is 0 Å². The maximum absolute atomic E-state index is 13.3. The van der Waals surface area contributed by atoms with Crippen molar-refractivity contribution in [1.82, 2.24) is 5.32 Å². The van der Waals surface area contributed by atoms with Crippen molar-refractivity contribution < 1.29 is 9.13 Å². The van der Waals surface area contributed by atoms with Crippen molar-refractivity contribution in [2.75, 3.05) is 19.8 Å². The Bertz CT molecular complexity index is 478. The van der Waals surface area contributed by atoms with Crippen molar-refractivity contribution in [3.05, 3.63) is 34.6 Å². The first-order valence-electron chi connectivity index (χ1n) is 7.56. The normalized spacial score (nSPS) is 18.7. The van der Waals surface area contributed by atoms with E-state index < -0.39 is 0 Å². The van der Waals surface area contributed by atoms with E-state index in [4.69, 9.17) is 16.3 Å². The molecule has 2 nitrogen and oxygen atoms in total. The molecular weight excluding hydrogens is 289 g/mol. The Morgan fingerprint density at radius 1 is 1.29 bits per heavy atom. The average molecular weight is 314 g/mol. The highest BCUT2D eigenvalue weighted by atomic mass is 35.5. The summed E-state index contributed by atoms with van der Waals surface area (Å²) in [6, 6.07) is 5.06. The molecule has 1 aliphatic heterocycles. The molecule has 0 unspecified atom stereocenters. The van der Waals surface area contributed by atoms with Gasteiger partial charge in [-0.3, -0.25) is 0 Å². The molecule has 0 atom stereocenters. The lowest BCUT2D eigenvalue weighted by Gasteiger charge is -2.40. The molecule has 4 heteroatoms. The molecule has 2 rings (SSSR count). The third-order valence-electron chi connectivity index (χ3n) is 4.11. The van der Waals surface area contributed by atoms with Crippen LogP contribution in [0.2, 0.25) is 5.02 Å². The molecule has 1 aliphatic rings. The number of rotatable bonds is 4. The summed E-state index contributed by atoms with van der Waals surface area (Å²) in [6.45, 7) is 9.05. The van der Waals surface area contributed by atoms with E-state index in [9.17, 15) is 4.39 Å². The predicted molar refractivity (Wildman–Crippen MR) is 85.4 cm³/mol. The van der Waals surface area contributed by atoms with Gasteiger partial charge in [-0.05, 0) is 63.1 Å². The highest BCUT2D eigenvalue weighted by molar-refractivity contribution is 6.30. The zero-order valence-corrected chi connectivity index (χ0v) is 13.9. The quantitative estimate of drug-likeness (QED) is 0.899. The van der Waals surface area contributed by atoms with Gasteiger partial charge in [0.25, 0.3) is 0 Å². The van der Waals surface area contributed by atoms with E-state index in [0.717, 1.165) is 44.6 Å². The number of benzene rings is 1. The van der Waals surface area contributed by atoms with Gasteiger partial charge in [-0.25, -0.2) is 4.39 Å². The Labute approximate surface area is 132 Å². The Morgan fingerprint density at radius 3 is 2.52 bits per heavy atom. The highest BCUT2D eigenvalue weighted by Crippen LogP contribution is 2.35. The van der Waals surface area contributed by atoms with Gasteiger partial charge in [-0.15, -0.1) is 0 Å². The van der Waals surface area contributed by atoms with Crippen LogP contribution in [0, 0.1) is 11.2 Å². The lowest BCUT2D eigenvalue weighted by atomic mass is 9.74. The van der Waals surface area contributed by atoms with E-state index in [2.05, 4.69) is 26.1 Å². The van der Waals surface area contributed by atoms with Crippen LogP contribution in [-0.2, 0) is 11.2 Å². The molecule has 21 heavy (non-hydrogen) atoms. The van der Waals surface area contributed by atoms with Crippen molar-refractivity contribution in [3.63, 3.8) is 0 Å². The molecule has 1 N–H and O–H groups in total. The van der Waals surface area contributed by atoms with Crippen LogP contribution in [0.25, 0.3) is 0 Å². The van der Waals surface area contributed by atoms with Gasteiger partial charge in [0, 0.05) is 25.3 Å². The van der Waals surface area contributed by atoms with Crippen molar-refractivity contribution in [1.29, 1.82) is 0 Å². The monoisotopic (exact) mass is 313 g/mol. The molecule has 0 aromatic heterocycles. The zero-order valence-electron chi connectivity index (χ0n) is 13.1. The van der Waals surface area contributed by atoms with Crippen LogP contribution in [0.3, 0.4) is 0 Å². The second kappa shape index (κ2) is 6.64. The molecule has 0 saturated carbocycles. The predicted octanol–water partition coefficient (Wildman–Crippen LogP) is 4.21. The summed E-state index contributed by atoms with van der Waals surface area (Å²) in [5.74, 6) is -0.353. The van der Waals surface area contributed by atoms with E-state index in [1.165, 1.54) is 6.07 Å². The van der Waals surface area contributed by atoms with Gasteiger partial charge >= 0.3 is 0 Å². The third kappa shape index (κ3) is 4.94. The fourth-order valence-corrected chi connectivity index (χ4v) is 2.96. The Kier molecular flexibility index (Phi) is 5.29. The molecule has 1 aromatic rings. The molecule has 1 saturated heterocycles. The summed E-state index contributed by atoms with van der Waals surface area (Å²) in [5, 5.41) is 3.82. The minimum atomic E-state index is -0.353. The van der Waals surface area contributed by atoms with Gasteiger partial charge in [0.15, 0.2) is 0 Å². The smallest absolute Gasteiger partial charge is 0.141 e. The Balaban J connectivity index is 2.13. The molecule has 0 spiro atoms. The molecule has 1 heterocycles. The number of hydrogen-bond acceptors (Lipinski definition) is 2. The number of nitrogens with one attached hydrogen (secondary N) is 1. The summed E-state index contributed by atoms with van der Waals surface area (Å²) < 4.78 is 18.8. The maximum atomic E-state index is 13.3. The summed E-state index contributed by atoms with van der Waals surface area (Å²) >= 11 is 5.91. The van der Waals surface area contributed by atoms with Gasteiger partial charge in [-0.1, -0.05) is 17.7 Å². The molecule has 1 aromatic carbocycles. The van der Waals surface area contributed by atoms with E-state index in [0.29, 0.717) is 0 Å². The molecule has 0 bridgehead atoms. The lowest BCUT2D eigenvalue weighted by Crippen LogP contribution is -2.47. The third-order valence-corrected chi connectivity index (χ3v) is 4.40. The second-order valence-electron chi connectivity index (χ2n) is 7.14. The van der Waals surface area contributed by atoms with E-state index in [-0.39, 0.29) is 21.8 Å². The van der Waals surface area contributed by atoms with Crippen LogP contribution in [0.1, 0.15) is 39.2 Å². The summed E-state index contributed by atoms with van der Waals surface area (Å²) in [4.78, 5) is 0. The van der Waals surface area contributed by atoms with Gasteiger partial charge < -0.3 is 10.1 Å². The first-order valence-corrected chi connectivity index (χ1v) is 7.94. The minimum absolute atomic E-state index is 0.0890. The number of halogens is 2. The van der Waals surface area contributed by atoms with Gasteiger partial charge in [0.1, 0.15) is 5.82 Å². The Morgan fingerprint density at radius 2 is 1.95 bits per heavy atom. The molecule has 0 amide bonds. The summed E-state index contributed by atoms with van der Waals surface area (Å²) in [5.41, 5.74) is 1.34. The van der Waals surface area contributed by atoms with Crippen LogP contribution >= 0.6 is 11.6 Å². The van der Waals surface area contributed by atoms with Crippen molar-refractivity contribution in [2.45, 2.75) is 45.6 Å². The first kappa shape index (κ1) is 16.7. The van der Waals surface area contributed by atoms with Crippen LogP contribution in [0.5, 0.6) is 0 Å². The van der Waals surface area contributed by atoms with E-state index in [1.807, 2.05) is 6.07 Å². The SMILES string of the molecule is CC(C)(C)NCC1(Cc2ccc(F)c(Cl)c2)CCOCC1. The number of ether oxygens (including phenoxy) is 1. The van der Waals surface area contributed by atoms with Crippen LogP contribution in [0.4, 0.5) is 4.39 Å². The van der Waals surface area contributed by atoms with Crippen molar-refractivity contribution in [3.8, 4) is 0 Å². The maximum Gasteiger partial charge on any atom is 0.141 e. The fraction of sp³-hybridized carbons (Fsp3) is 0.647. The first-order chi connectivity index (χ1) is 9.80. The number of hydrogen-bond donors (Lipinski definition) is 1. The van der Waals surface area contributed by atoms with E-state index in [1.54, 1.807) is 6.07 Å². The topological polar surface area (TPSA) is 21.3 Å². The standard InChI is InChI=1S/C17H25ClFNO/c1-16(2,3)20-12-17(6-8-21-9-7-17)11-13-4-5-15(19)14(18)10-13/h4-5,10,20H,6-9,11-12H2,1-3H3. The molecular formula is C17H25ClFNO. The molecule has 1 fully saturated rings.